The van der Waals surface area contributed by atoms with Crippen LogP contribution in [0.2, 0.25) is 0 Å². The van der Waals surface area contributed by atoms with E-state index in [9.17, 15) is 25.2 Å². The average Bonchev–Trinajstić information content (AvgIpc) is 0.838. The molecule has 0 bridgehead atoms. The molecule has 18 rings (SSSR count). The fourth-order valence-corrected chi connectivity index (χ4v) is 27.7. The average molecular weight is 2250 g/mol. The van der Waals surface area contributed by atoms with Crippen molar-refractivity contribution in [2.24, 2.45) is 0 Å². The van der Waals surface area contributed by atoms with E-state index in [4.69, 9.17) is 85.2 Å². The molecule has 0 amide bonds. The largest absolute Gasteiger partial charge is 0.743 e. The van der Waals surface area contributed by atoms with Gasteiger partial charge in [-0.2, -0.15) is 0 Å². The second-order valence-electron chi connectivity index (χ2n) is 29.6. The van der Waals surface area contributed by atoms with Gasteiger partial charge in [-0.3, -0.25) is 0 Å². The molecule has 18 aromatic carbocycles. The third-order valence-electron chi connectivity index (χ3n) is 20.2. The maximum absolute atomic E-state index is 10.1. The predicted molar refractivity (Wildman–Crippen MR) is 616 cm³/mol. The molecule has 18 nitrogen and oxygen atoms in total. The standard InChI is InChI=1S/6C19H17OP.6FO2P/c6*1-20-16-12-14-19(15-13-16)21(17-8-4-2-5-9-17)18-10-6-3-7-11-18;6*1-4(2)3/h6*2-15H,1H3;;;;;;/p+6. The molecule has 0 saturated heterocycles. The van der Waals surface area contributed by atoms with Gasteiger partial charge in [-0.25, -0.2) is 0 Å². The van der Waals surface area contributed by atoms with Crippen molar-refractivity contribution in [3.63, 3.8) is 0 Å². The lowest BCUT2D eigenvalue weighted by atomic mass is 10.3. The molecule has 0 aliphatic rings. The smallest absolute Gasteiger partial charge is 0.497 e. The molecule has 768 valence electrons. The van der Waals surface area contributed by atoms with Crippen molar-refractivity contribution in [3.8, 4) is 34.5 Å². The fraction of sp³-hybridized carbons (Fsp3) is 0.0526. The van der Waals surface area contributed by atoms with Crippen molar-refractivity contribution < 1.29 is 110 Å². The minimum atomic E-state index is -3.37. The molecule has 0 spiro atoms. The Hall–Kier alpha value is -12.7. The van der Waals surface area contributed by atoms with Gasteiger partial charge in [-0.15, -0.1) is 29.4 Å². The van der Waals surface area contributed by atoms with Crippen molar-refractivity contribution in [1.29, 1.82) is 0 Å². The van der Waals surface area contributed by atoms with Gasteiger partial charge in [0.1, 0.15) is 34.5 Å². The van der Waals surface area contributed by atoms with E-state index in [1.54, 1.807) is 42.7 Å². The lowest BCUT2D eigenvalue weighted by Crippen LogP contribution is -2.20. The highest BCUT2D eigenvalue weighted by molar-refractivity contribution is 7.82. The quantitative estimate of drug-likeness (QED) is 0.0242. The number of halogens is 6. The summed E-state index contributed by atoms with van der Waals surface area (Å²) in [7, 11) is -13.1. The van der Waals surface area contributed by atoms with Crippen LogP contribution in [-0.4, -0.2) is 72.0 Å². The van der Waals surface area contributed by atoms with Gasteiger partial charge in [0.05, 0.1) is 67.8 Å². The first-order valence-corrected chi connectivity index (χ1v) is 59.5. The van der Waals surface area contributed by atoms with Crippen LogP contribution in [0.25, 0.3) is 0 Å². The summed E-state index contributed by atoms with van der Waals surface area (Å²) in [5.74, 6) is 5.39. The van der Waals surface area contributed by atoms with Crippen LogP contribution in [0.4, 0.5) is 25.2 Å². The van der Waals surface area contributed by atoms with Crippen molar-refractivity contribution >= 4 is 193 Å². The Morgan fingerprint density at radius 1 is 0.133 bits per heavy atom. The normalized spacial score (nSPS) is 10.6. The van der Waals surface area contributed by atoms with Crippen molar-refractivity contribution in [1.82, 2.24) is 0 Å². The number of benzene rings is 18. The molecule has 18 aromatic rings. The molecular weight excluding hydrogens is 2140 g/mol. The van der Waals surface area contributed by atoms with Crippen LogP contribution in [0.1, 0.15) is 0 Å². The van der Waals surface area contributed by atoms with E-state index in [1.807, 2.05) is 72.8 Å². The summed E-state index contributed by atoms with van der Waals surface area (Å²) >= 11 is 0. The van der Waals surface area contributed by atoms with E-state index in [2.05, 4.69) is 437 Å². The zero-order chi connectivity index (χ0) is 108. The maximum atomic E-state index is 10.1. The van der Waals surface area contributed by atoms with Crippen LogP contribution in [-0.2, 0) is 27.4 Å². The van der Waals surface area contributed by atoms with Crippen molar-refractivity contribution in [3.05, 3.63) is 510 Å². The summed E-state index contributed by atoms with van der Waals surface area (Å²) in [6, 6.07) is 179. The van der Waals surface area contributed by atoms with E-state index in [0.29, 0.717) is 0 Å². The third-order valence-corrected chi connectivity index (χ3v) is 34.8. The van der Waals surface area contributed by atoms with Crippen molar-refractivity contribution in [2.75, 3.05) is 42.7 Å². The van der Waals surface area contributed by atoms with Crippen LogP contribution in [0.5, 0.6) is 34.5 Å². The molecule has 150 heavy (non-hydrogen) atoms. The highest BCUT2D eigenvalue weighted by Crippen LogP contribution is 2.40. The molecule has 0 heterocycles. The van der Waals surface area contributed by atoms with Crippen LogP contribution >= 0.6 is 97.6 Å². The zero-order valence-electron chi connectivity index (χ0n) is 81.7. The number of hydrogen-bond acceptors (Lipinski definition) is 12. The van der Waals surface area contributed by atoms with Gasteiger partial charge < -0.3 is 28.4 Å². The fourth-order valence-electron chi connectivity index (χ4n) is 14.0. The summed E-state index contributed by atoms with van der Waals surface area (Å²) in [4.78, 5) is 41.4. The van der Waals surface area contributed by atoms with Crippen LogP contribution in [0.15, 0.2) is 510 Å². The summed E-state index contributed by atoms with van der Waals surface area (Å²) in [6.07, 6.45) is 0. The van der Waals surface area contributed by atoms with Gasteiger partial charge in [0.25, 0.3) is 0 Å². The van der Waals surface area contributed by atoms with E-state index in [-0.39, 0.29) is 0 Å². The zero-order valence-corrected chi connectivity index (χ0v) is 92.4. The maximum Gasteiger partial charge on any atom is 0.743 e. The second kappa shape index (κ2) is 72.7. The first-order valence-electron chi connectivity index (χ1n) is 44.9. The Bertz CT molecular complexity index is 5500. The lowest BCUT2D eigenvalue weighted by molar-refractivity contribution is 0.415. The monoisotopic (exact) mass is 2250 g/mol. The van der Waals surface area contributed by atoms with E-state index >= 15 is 0 Å². The molecule has 0 radical (unpaired) electrons. The van der Waals surface area contributed by atoms with Gasteiger partial charge in [-0.05, 0) is 216 Å². The van der Waals surface area contributed by atoms with Crippen molar-refractivity contribution in [2.45, 2.75) is 0 Å². The molecule has 0 saturated carbocycles. The van der Waals surface area contributed by atoms with E-state index in [1.165, 1.54) is 95.5 Å². The SMILES string of the molecule is COc1ccc(P(c2ccccc2)c2ccccc2)cc1.COc1ccc(P(c2ccccc2)c2ccccc2)cc1.COc1ccc(P(c2ccccc2)c2ccccc2)cc1.COc1ccc(P(c2ccccc2)c2ccccc2)cc1.COc1ccc(P(c2ccccc2)c2ccccc2)cc1.COc1ccc(P(c2ccccc2)c2ccccc2)cc1.O=[P+](O)F.O=[P+](O)F.O=[P+](O)F.O=[P+](O)F.O=[P+](O)F.O=[P+](O)F. The number of hydrogen-bond donors (Lipinski definition) is 6. The Morgan fingerprint density at radius 3 is 0.253 bits per heavy atom. The molecular formula is C114H108F6O18P12+6. The molecule has 6 atom stereocenters. The Balaban J connectivity index is 0.000000233. The third kappa shape index (κ3) is 47.2. The number of rotatable bonds is 24. The Labute approximate surface area is 884 Å². The number of methoxy groups -OCH3 is 6. The molecule has 0 aliphatic carbocycles. The van der Waals surface area contributed by atoms with E-state index in [0.717, 1.165) is 34.5 Å². The summed E-state index contributed by atoms with van der Waals surface area (Å²) in [5.41, 5.74) is 0. The van der Waals surface area contributed by atoms with E-state index < -0.39 is 97.6 Å². The Kier molecular flexibility index (Phi) is 60.2. The first-order chi connectivity index (χ1) is 72.7. The lowest BCUT2D eigenvalue weighted by Gasteiger charge is -2.19. The van der Waals surface area contributed by atoms with Gasteiger partial charge in [0, 0.05) is 27.4 Å². The van der Waals surface area contributed by atoms with Crippen LogP contribution in [0.3, 0.4) is 0 Å². The van der Waals surface area contributed by atoms with Gasteiger partial charge in [0.15, 0.2) is 0 Å². The minimum absolute atomic E-state index is 0.519. The summed E-state index contributed by atoms with van der Waals surface area (Å²) < 4.78 is 143. The molecule has 0 aliphatic heterocycles. The molecule has 6 N–H and O–H groups in total. The van der Waals surface area contributed by atoms with Gasteiger partial charge in [0.2, 0.25) is 0 Å². The van der Waals surface area contributed by atoms with Gasteiger partial charge >= 0.3 is 50.0 Å². The second-order valence-corrected chi connectivity index (χ2v) is 45.6. The minimum Gasteiger partial charge on any atom is -0.497 e. The molecule has 36 heteroatoms. The Morgan fingerprint density at radius 2 is 0.193 bits per heavy atom. The highest BCUT2D eigenvalue weighted by Gasteiger charge is 2.23. The van der Waals surface area contributed by atoms with Crippen LogP contribution in [0, 0.1) is 0 Å². The molecule has 0 aromatic heterocycles. The van der Waals surface area contributed by atoms with Gasteiger partial charge in [-0.1, -0.05) is 437 Å². The summed E-state index contributed by atoms with van der Waals surface area (Å²) in [6.45, 7) is 0. The topological polar surface area (TPSA) is 279 Å². The first kappa shape index (κ1) is 124. The summed E-state index contributed by atoms with van der Waals surface area (Å²) in [5, 5.41) is 24.4. The molecule has 6 unspecified atom stereocenters. The predicted octanol–water partition coefficient (Wildman–Crippen LogP) is 24.4. The van der Waals surface area contributed by atoms with Crippen LogP contribution < -0.4 is 124 Å². The highest BCUT2D eigenvalue weighted by atomic mass is 31.2. The molecule has 0 fully saturated rings. The number of ether oxygens (including phenoxy) is 6.